The molecule has 0 unspecified atom stereocenters. The van der Waals surface area contributed by atoms with Crippen molar-refractivity contribution in [1.82, 2.24) is 4.90 Å². The van der Waals surface area contributed by atoms with Gasteiger partial charge in [-0.25, -0.2) is 13.6 Å². The minimum Gasteiger partial charge on any atom is -0.303 e. The maximum absolute atomic E-state index is 11.4. The Morgan fingerprint density at radius 1 is 1.18 bits per heavy atom. The Bertz CT molecular complexity index is 479. The van der Waals surface area contributed by atoms with Gasteiger partial charge in [0.25, 0.3) is 0 Å². The average molecular weight is 254 g/mol. The number of nitrogens with two attached hydrogens (primary N) is 1. The van der Waals surface area contributed by atoms with Crippen LogP contribution in [0.25, 0.3) is 0 Å². The van der Waals surface area contributed by atoms with Crippen molar-refractivity contribution in [3.8, 4) is 0 Å². The predicted molar refractivity (Wildman–Crippen MR) is 67.2 cm³/mol. The maximum Gasteiger partial charge on any atom is 0.238 e. The molecule has 0 spiro atoms. The van der Waals surface area contributed by atoms with Crippen LogP contribution in [0.2, 0.25) is 0 Å². The number of hydrogen-bond donors (Lipinski definition) is 1. The maximum atomic E-state index is 11.4. The highest BCUT2D eigenvalue weighted by Gasteiger charge is 2.15. The van der Waals surface area contributed by atoms with Crippen molar-refractivity contribution in [1.29, 1.82) is 0 Å². The van der Waals surface area contributed by atoms with E-state index in [1.807, 2.05) is 12.1 Å². The van der Waals surface area contributed by atoms with Crippen molar-refractivity contribution in [2.75, 3.05) is 19.6 Å². The smallest absolute Gasteiger partial charge is 0.238 e. The van der Waals surface area contributed by atoms with E-state index in [1.54, 1.807) is 12.1 Å². The molecule has 1 aromatic rings. The average Bonchev–Trinajstić information content (AvgIpc) is 2.78. The first kappa shape index (κ1) is 12.5. The van der Waals surface area contributed by atoms with Crippen LogP contribution in [-0.4, -0.2) is 33.0 Å². The summed E-state index contributed by atoms with van der Waals surface area (Å²) in [5.41, 5.74) is 0.821. The normalized spacial score (nSPS) is 17.5. The zero-order valence-corrected chi connectivity index (χ0v) is 10.6. The summed E-state index contributed by atoms with van der Waals surface area (Å²) in [6.45, 7) is 3.15. The van der Waals surface area contributed by atoms with E-state index in [2.05, 4.69) is 4.90 Å². The van der Waals surface area contributed by atoms with Crippen molar-refractivity contribution >= 4 is 10.0 Å². The van der Waals surface area contributed by atoms with Crippen molar-refractivity contribution in [2.24, 2.45) is 5.14 Å². The van der Waals surface area contributed by atoms with Crippen molar-refractivity contribution < 1.29 is 8.42 Å². The Balaban J connectivity index is 2.09. The molecule has 1 heterocycles. The van der Waals surface area contributed by atoms with Crippen LogP contribution in [0.15, 0.2) is 29.2 Å². The first-order chi connectivity index (χ1) is 8.07. The van der Waals surface area contributed by atoms with Crippen LogP contribution in [0.3, 0.4) is 0 Å². The molecule has 4 nitrogen and oxygen atoms in total. The summed E-state index contributed by atoms with van der Waals surface area (Å²) in [6.07, 6.45) is 3.24. The van der Waals surface area contributed by atoms with Gasteiger partial charge in [0.2, 0.25) is 10.0 Å². The molecule has 0 aliphatic carbocycles. The lowest BCUT2D eigenvalue weighted by Crippen LogP contribution is -2.23. The van der Waals surface area contributed by atoms with E-state index in [9.17, 15) is 8.42 Å². The molecule has 0 bridgehead atoms. The van der Waals surface area contributed by atoms with Gasteiger partial charge in [0.1, 0.15) is 0 Å². The van der Waals surface area contributed by atoms with Crippen LogP contribution in [0.5, 0.6) is 0 Å². The van der Waals surface area contributed by atoms with Crippen molar-refractivity contribution in [3.63, 3.8) is 0 Å². The standard InChI is InChI=1S/C12H18N2O2S/c13-17(15,16)12-6-2-1-5-11(12)7-10-14-8-3-4-9-14/h1-2,5-6H,3-4,7-10H2,(H2,13,15,16). The lowest BCUT2D eigenvalue weighted by atomic mass is 10.1. The Hall–Kier alpha value is -0.910. The first-order valence-electron chi connectivity index (χ1n) is 5.90. The van der Waals surface area contributed by atoms with E-state index >= 15 is 0 Å². The van der Waals surface area contributed by atoms with Crippen molar-refractivity contribution in [2.45, 2.75) is 24.2 Å². The second-order valence-electron chi connectivity index (χ2n) is 4.45. The minimum absolute atomic E-state index is 0.263. The van der Waals surface area contributed by atoms with E-state index in [1.165, 1.54) is 12.8 Å². The van der Waals surface area contributed by atoms with Gasteiger partial charge in [-0.2, -0.15) is 0 Å². The Morgan fingerprint density at radius 3 is 2.47 bits per heavy atom. The largest absolute Gasteiger partial charge is 0.303 e. The summed E-state index contributed by atoms with van der Waals surface area (Å²) in [5.74, 6) is 0. The monoisotopic (exact) mass is 254 g/mol. The van der Waals surface area contributed by atoms with Gasteiger partial charge in [0.15, 0.2) is 0 Å². The number of nitrogens with zero attached hydrogens (tertiary/aromatic N) is 1. The molecule has 0 radical (unpaired) electrons. The van der Waals surface area contributed by atoms with E-state index in [0.717, 1.165) is 31.6 Å². The molecule has 0 atom stereocenters. The molecule has 1 saturated heterocycles. The summed E-state index contributed by atoms with van der Waals surface area (Å²) in [7, 11) is -3.60. The second kappa shape index (κ2) is 5.16. The zero-order valence-electron chi connectivity index (χ0n) is 9.80. The van der Waals surface area contributed by atoms with E-state index in [4.69, 9.17) is 5.14 Å². The third kappa shape index (κ3) is 3.28. The van der Waals surface area contributed by atoms with Crippen LogP contribution in [0.1, 0.15) is 18.4 Å². The first-order valence-corrected chi connectivity index (χ1v) is 7.45. The molecule has 1 fully saturated rings. The molecular weight excluding hydrogens is 236 g/mol. The number of primary sulfonamides is 1. The summed E-state index contributed by atoms with van der Waals surface area (Å²) >= 11 is 0. The molecule has 1 aromatic carbocycles. The number of rotatable bonds is 4. The molecule has 5 heteroatoms. The Morgan fingerprint density at radius 2 is 1.82 bits per heavy atom. The van der Waals surface area contributed by atoms with Gasteiger partial charge in [-0.1, -0.05) is 18.2 Å². The molecule has 2 N–H and O–H groups in total. The van der Waals surface area contributed by atoms with Gasteiger partial charge < -0.3 is 4.90 Å². The van der Waals surface area contributed by atoms with Gasteiger partial charge in [-0.05, 0) is 44.0 Å². The highest BCUT2D eigenvalue weighted by molar-refractivity contribution is 7.89. The van der Waals surface area contributed by atoms with E-state index in [0.29, 0.717) is 0 Å². The highest BCUT2D eigenvalue weighted by Crippen LogP contribution is 2.16. The quantitative estimate of drug-likeness (QED) is 0.871. The van der Waals surface area contributed by atoms with E-state index in [-0.39, 0.29) is 4.90 Å². The number of hydrogen-bond acceptors (Lipinski definition) is 3. The Labute approximate surface area is 102 Å². The third-order valence-corrected chi connectivity index (χ3v) is 4.19. The lowest BCUT2D eigenvalue weighted by molar-refractivity contribution is 0.342. The molecule has 94 valence electrons. The van der Waals surface area contributed by atoms with Crippen LogP contribution < -0.4 is 5.14 Å². The van der Waals surface area contributed by atoms with E-state index < -0.39 is 10.0 Å². The third-order valence-electron chi connectivity index (χ3n) is 3.18. The zero-order chi connectivity index (χ0) is 12.3. The fourth-order valence-electron chi connectivity index (χ4n) is 2.27. The number of benzene rings is 1. The number of likely N-dealkylation sites (tertiary alicyclic amines) is 1. The van der Waals surface area contributed by atoms with Crippen LogP contribution in [0, 0.1) is 0 Å². The van der Waals surface area contributed by atoms with Crippen molar-refractivity contribution in [3.05, 3.63) is 29.8 Å². The lowest BCUT2D eigenvalue weighted by Gasteiger charge is -2.15. The SMILES string of the molecule is NS(=O)(=O)c1ccccc1CCN1CCCC1. The fourth-order valence-corrected chi connectivity index (χ4v) is 3.08. The number of sulfonamides is 1. The molecule has 1 aliphatic rings. The van der Waals surface area contributed by atoms with Crippen LogP contribution >= 0.6 is 0 Å². The van der Waals surface area contributed by atoms with Crippen LogP contribution in [0.4, 0.5) is 0 Å². The molecule has 1 aliphatic heterocycles. The highest BCUT2D eigenvalue weighted by atomic mass is 32.2. The molecule has 2 rings (SSSR count). The fraction of sp³-hybridized carbons (Fsp3) is 0.500. The van der Waals surface area contributed by atoms with Crippen LogP contribution in [-0.2, 0) is 16.4 Å². The molecule has 0 aromatic heterocycles. The molecular formula is C12H18N2O2S. The Kier molecular flexibility index (Phi) is 3.81. The summed E-state index contributed by atoms with van der Waals surface area (Å²) in [6, 6.07) is 6.98. The molecule has 17 heavy (non-hydrogen) atoms. The second-order valence-corrected chi connectivity index (χ2v) is 5.98. The van der Waals surface area contributed by atoms with Gasteiger partial charge >= 0.3 is 0 Å². The summed E-state index contributed by atoms with van der Waals surface area (Å²) in [4.78, 5) is 2.62. The van der Waals surface area contributed by atoms with Gasteiger partial charge in [0.05, 0.1) is 4.90 Å². The topological polar surface area (TPSA) is 63.4 Å². The predicted octanol–water partition coefficient (Wildman–Crippen LogP) is 0.972. The summed E-state index contributed by atoms with van der Waals surface area (Å²) < 4.78 is 22.8. The van der Waals surface area contributed by atoms with Gasteiger partial charge in [0, 0.05) is 6.54 Å². The van der Waals surface area contributed by atoms with Gasteiger partial charge in [-0.15, -0.1) is 0 Å². The molecule has 0 amide bonds. The van der Waals surface area contributed by atoms with Gasteiger partial charge in [-0.3, -0.25) is 0 Å². The molecule has 0 saturated carbocycles. The minimum atomic E-state index is -3.60. The summed E-state index contributed by atoms with van der Waals surface area (Å²) in [5, 5.41) is 5.20.